The number of carbonyl (C=O) groups excluding carboxylic acids is 2. The summed E-state index contributed by atoms with van der Waals surface area (Å²) in [4.78, 5) is 26.1. The zero-order chi connectivity index (χ0) is 15.7. The second kappa shape index (κ2) is 5.92. The minimum atomic E-state index is -0.119. The van der Waals surface area contributed by atoms with Gasteiger partial charge in [-0.25, -0.2) is 5.01 Å². The third-order valence-corrected chi connectivity index (χ3v) is 4.17. The number of nitrogens with zero attached hydrogens (tertiary/aromatic N) is 4. The lowest BCUT2D eigenvalue weighted by atomic mass is 10.1. The van der Waals surface area contributed by atoms with E-state index in [0.29, 0.717) is 38.3 Å². The molecule has 0 radical (unpaired) electrons. The number of hydrogen-bond acceptors (Lipinski definition) is 4. The van der Waals surface area contributed by atoms with Gasteiger partial charge in [-0.3, -0.25) is 9.59 Å². The predicted octanol–water partition coefficient (Wildman–Crippen LogP) is 0.533. The lowest BCUT2D eigenvalue weighted by molar-refractivity contribution is -0.134. The maximum atomic E-state index is 12.8. The molecule has 0 N–H and O–H groups in total. The van der Waals surface area contributed by atoms with E-state index in [9.17, 15) is 9.59 Å². The van der Waals surface area contributed by atoms with Crippen molar-refractivity contribution >= 4 is 17.5 Å². The van der Waals surface area contributed by atoms with Crippen molar-refractivity contribution in [3.05, 3.63) is 24.0 Å². The van der Waals surface area contributed by atoms with Crippen molar-refractivity contribution in [2.24, 2.45) is 12.1 Å². The van der Waals surface area contributed by atoms with Crippen LogP contribution in [0.5, 0.6) is 0 Å². The molecule has 1 unspecified atom stereocenters. The summed E-state index contributed by atoms with van der Waals surface area (Å²) >= 11 is 0. The second-order valence-corrected chi connectivity index (χ2v) is 5.60. The Balaban J connectivity index is 1.85. The highest BCUT2D eigenvalue weighted by molar-refractivity contribution is 6.39. The van der Waals surface area contributed by atoms with Crippen LogP contribution in [0.15, 0.2) is 23.4 Å². The molecule has 2 amide bonds. The van der Waals surface area contributed by atoms with Gasteiger partial charge in [-0.2, -0.15) is 5.10 Å². The topological polar surface area (TPSA) is 67.1 Å². The van der Waals surface area contributed by atoms with Gasteiger partial charge in [0.2, 0.25) is 5.91 Å². The van der Waals surface area contributed by atoms with Crippen molar-refractivity contribution in [3.8, 4) is 0 Å². The second-order valence-electron chi connectivity index (χ2n) is 5.60. The third kappa shape index (κ3) is 2.64. The molecule has 2 aliphatic heterocycles. The molecule has 0 aromatic carbocycles. The van der Waals surface area contributed by atoms with Crippen LogP contribution in [0.4, 0.5) is 0 Å². The average molecular weight is 304 g/mol. The summed E-state index contributed by atoms with van der Waals surface area (Å²) in [6.45, 7) is 1.53. The van der Waals surface area contributed by atoms with Gasteiger partial charge in [0.1, 0.15) is 5.71 Å². The van der Waals surface area contributed by atoms with E-state index >= 15 is 0 Å². The summed E-state index contributed by atoms with van der Waals surface area (Å²) in [6, 6.07) is 3.83. The Morgan fingerprint density at radius 3 is 2.86 bits per heavy atom. The van der Waals surface area contributed by atoms with Gasteiger partial charge in [0.25, 0.3) is 5.91 Å². The van der Waals surface area contributed by atoms with E-state index < -0.39 is 0 Å². The molecular formula is C15H20N4O3. The highest BCUT2D eigenvalue weighted by atomic mass is 16.5. The third-order valence-electron chi connectivity index (χ3n) is 4.17. The van der Waals surface area contributed by atoms with Crippen molar-refractivity contribution < 1.29 is 14.3 Å². The van der Waals surface area contributed by atoms with Crippen LogP contribution in [0.3, 0.4) is 0 Å². The van der Waals surface area contributed by atoms with Gasteiger partial charge >= 0.3 is 0 Å². The number of aryl methyl sites for hydroxylation is 1. The number of aromatic nitrogens is 1. The van der Waals surface area contributed by atoms with E-state index in [-0.39, 0.29) is 17.9 Å². The quantitative estimate of drug-likeness (QED) is 0.800. The summed E-state index contributed by atoms with van der Waals surface area (Å²) in [5.41, 5.74) is 1.48. The standard InChI is InChI=1S/C15H20N4O3/c1-17-7-3-4-12(17)13-10-22-9-8-19(13)15(21)11-5-6-14(20)18(2)16-11/h3-4,7,13H,5-6,8-10H2,1-2H3. The molecule has 1 fully saturated rings. The molecule has 0 bridgehead atoms. The molecule has 1 aromatic heterocycles. The van der Waals surface area contributed by atoms with Crippen molar-refractivity contribution in [2.45, 2.75) is 18.9 Å². The first kappa shape index (κ1) is 14.8. The highest BCUT2D eigenvalue weighted by Crippen LogP contribution is 2.25. The van der Waals surface area contributed by atoms with Gasteiger partial charge in [-0.05, 0) is 12.1 Å². The molecule has 1 saturated heterocycles. The van der Waals surface area contributed by atoms with Crippen molar-refractivity contribution in [3.63, 3.8) is 0 Å². The minimum absolute atomic E-state index is 0.0579. The molecular weight excluding hydrogens is 284 g/mol. The Labute approximate surface area is 129 Å². The Morgan fingerprint density at radius 2 is 2.18 bits per heavy atom. The van der Waals surface area contributed by atoms with Gasteiger partial charge in [0.15, 0.2) is 0 Å². The molecule has 0 aliphatic carbocycles. The first-order valence-electron chi connectivity index (χ1n) is 7.42. The monoisotopic (exact) mass is 304 g/mol. The molecule has 118 valence electrons. The molecule has 0 spiro atoms. The largest absolute Gasteiger partial charge is 0.377 e. The number of hydrazone groups is 1. The van der Waals surface area contributed by atoms with Crippen LogP contribution in [-0.4, -0.2) is 58.8 Å². The van der Waals surface area contributed by atoms with Gasteiger partial charge in [0.05, 0.1) is 19.3 Å². The van der Waals surface area contributed by atoms with Crippen LogP contribution in [0.2, 0.25) is 0 Å². The van der Waals surface area contributed by atoms with E-state index in [0.717, 1.165) is 5.69 Å². The van der Waals surface area contributed by atoms with E-state index in [1.165, 1.54) is 5.01 Å². The fourth-order valence-electron chi connectivity index (χ4n) is 2.90. The molecule has 0 saturated carbocycles. The molecule has 3 rings (SSSR count). The number of ether oxygens (including phenoxy) is 1. The lowest BCUT2D eigenvalue weighted by Gasteiger charge is -2.36. The Morgan fingerprint density at radius 1 is 1.36 bits per heavy atom. The van der Waals surface area contributed by atoms with E-state index in [1.54, 1.807) is 11.9 Å². The predicted molar refractivity (Wildman–Crippen MR) is 80.1 cm³/mol. The van der Waals surface area contributed by atoms with Crippen molar-refractivity contribution in [2.75, 3.05) is 26.8 Å². The fourth-order valence-corrected chi connectivity index (χ4v) is 2.90. The first-order chi connectivity index (χ1) is 10.6. The molecule has 3 heterocycles. The van der Waals surface area contributed by atoms with Crippen molar-refractivity contribution in [1.82, 2.24) is 14.5 Å². The minimum Gasteiger partial charge on any atom is -0.377 e. The summed E-state index contributed by atoms with van der Waals surface area (Å²) < 4.78 is 7.55. The maximum absolute atomic E-state index is 12.8. The van der Waals surface area contributed by atoms with E-state index in [4.69, 9.17) is 4.74 Å². The zero-order valence-electron chi connectivity index (χ0n) is 12.9. The summed E-state index contributed by atoms with van der Waals surface area (Å²) in [7, 11) is 3.54. The fraction of sp³-hybridized carbons (Fsp3) is 0.533. The van der Waals surface area contributed by atoms with E-state index in [2.05, 4.69) is 5.10 Å². The lowest BCUT2D eigenvalue weighted by Crippen LogP contribution is -2.48. The Hall–Kier alpha value is -2.15. The Bertz CT molecular complexity index is 622. The molecule has 1 aromatic rings. The number of carbonyl (C=O) groups is 2. The van der Waals surface area contributed by atoms with Gasteiger partial charge in [0, 0.05) is 45.4 Å². The van der Waals surface area contributed by atoms with Crippen LogP contribution >= 0.6 is 0 Å². The van der Waals surface area contributed by atoms with Crippen molar-refractivity contribution in [1.29, 1.82) is 0 Å². The maximum Gasteiger partial charge on any atom is 0.270 e. The molecule has 2 aliphatic rings. The summed E-state index contributed by atoms with van der Waals surface area (Å²) in [5.74, 6) is -0.161. The summed E-state index contributed by atoms with van der Waals surface area (Å²) in [6.07, 6.45) is 2.69. The van der Waals surface area contributed by atoms with Crippen LogP contribution in [-0.2, 0) is 21.4 Å². The number of morpholine rings is 1. The van der Waals surface area contributed by atoms with Crippen LogP contribution in [0.1, 0.15) is 24.6 Å². The number of hydrogen-bond donors (Lipinski definition) is 0. The average Bonchev–Trinajstić information content (AvgIpc) is 2.95. The SMILES string of the molecule is CN1N=C(C(=O)N2CCOCC2c2cccn2C)CCC1=O. The normalized spacial score (nSPS) is 22.7. The smallest absolute Gasteiger partial charge is 0.270 e. The van der Waals surface area contributed by atoms with Crippen LogP contribution in [0, 0.1) is 0 Å². The van der Waals surface area contributed by atoms with Gasteiger partial charge < -0.3 is 14.2 Å². The summed E-state index contributed by atoms with van der Waals surface area (Å²) in [5, 5.41) is 5.40. The first-order valence-corrected chi connectivity index (χ1v) is 7.42. The van der Waals surface area contributed by atoms with E-state index in [1.807, 2.05) is 29.9 Å². The van der Waals surface area contributed by atoms with Crippen LogP contribution < -0.4 is 0 Å². The molecule has 7 heteroatoms. The van der Waals surface area contributed by atoms with Gasteiger partial charge in [-0.15, -0.1) is 0 Å². The molecule has 1 atom stereocenters. The van der Waals surface area contributed by atoms with Gasteiger partial charge in [-0.1, -0.05) is 0 Å². The van der Waals surface area contributed by atoms with Crippen LogP contribution in [0.25, 0.3) is 0 Å². The molecule has 22 heavy (non-hydrogen) atoms. The highest BCUT2D eigenvalue weighted by Gasteiger charge is 2.34. The number of amides is 2. The number of rotatable bonds is 2. The zero-order valence-corrected chi connectivity index (χ0v) is 12.9. The Kier molecular flexibility index (Phi) is 3.98. The molecule has 7 nitrogen and oxygen atoms in total.